The Morgan fingerprint density at radius 2 is 0.919 bits per heavy atom. The molecule has 0 heterocycles. The molecular formula is C50H86NO10P. The van der Waals surface area contributed by atoms with Crippen molar-refractivity contribution >= 4 is 25.7 Å². The number of unbranched alkanes of at least 4 members (excludes halogenated alkanes) is 18. The lowest BCUT2D eigenvalue weighted by molar-refractivity contribution is -0.161. The number of esters is 2. The molecule has 1 unspecified atom stereocenters. The molecule has 0 aromatic carbocycles. The summed E-state index contributed by atoms with van der Waals surface area (Å²) in [5.41, 5.74) is 5.34. The van der Waals surface area contributed by atoms with Crippen LogP contribution in [0.2, 0.25) is 0 Å². The van der Waals surface area contributed by atoms with Crippen LogP contribution in [-0.4, -0.2) is 59.9 Å². The first-order valence-corrected chi connectivity index (χ1v) is 25.5. The molecule has 4 N–H and O–H groups in total. The topological polar surface area (TPSA) is 172 Å². The Labute approximate surface area is 376 Å². The summed E-state index contributed by atoms with van der Waals surface area (Å²) in [6.07, 6.45) is 54.0. The Hall–Kier alpha value is -3.08. The van der Waals surface area contributed by atoms with E-state index in [4.69, 9.17) is 24.8 Å². The first-order chi connectivity index (χ1) is 30.1. The Morgan fingerprint density at radius 1 is 0.516 bits per heavy atom. The van der Waals surface area contributed by atoms with E-state index in [0.29, 0.717) is 19.3 Å². The third kappa shape index (κ3) is 43.6. The molecule has 0 spiro atoms. The van der Waals surface area contributed by atoms with E-state index in [9.17, 15) is 23.8 Å². The molecule has 0 aliphatic heterocycles. The van der Waals surface area contributed by atoms with E-state index in [0.717, 1.165) is 51.4 Å². The van der Waals surface area contributed by atoms with Crippen molar-refractivity contribution in [1.29, 1.82) is 0 Å². The number of ether oxygens (including phenoxy) is 2. The molecule has 0 aromatic rings. The molecule has 0 bridgehead atoms. The van der Waals surface area contributed by atoms with Gasteiger partial charge in [-0.2, -0.15) is 0 Å². The number of rotatable bonds is 44. The van der Waals surface area contributed by atoms with Crippen molar-refractivity contribution in [2.45, 2.75) is 206 Å². The van der Waals surface area contributed by atoms with Crippen LogP contribution in [-0.2, 0) is 37.5 Å². The molecule has 12 heteroatoms. The zero-order chi connectivity index (χ0) is 45.6. The zero-order valence-electron chi connectivity index (χ0n) is 38.7. The number of carbonyl (C=O) groups excluding carboxylic acids is 2. The summed E-state index contributed by atoms with van der Waals surface area (Å²) in [7, 11) is -4.74. The molecule has 356 valence electrons. The van der Waals surface area contributed by atoms with Gasteiger partial charge in [0.25, 0.3) is 0 Å². The minimum atomic E-state index is -4.74. The van der Waals surface area contributed by atoms with Crippen molar-refractivity contribution in [2.24, 2.45) is 5.73 Å². The second-order valence-electron chi connectivity index (χ2n) is 15.9. The highest BCUT2D eigenvalue weighted by Crippen LogP contribution is 2.43. The molecule has 3 atom stereocenters. The summed E-state index contributed by atoms with van der Waals surface area (Å²) in [4.78, 5) is 46.1. The highest BCUT2D eigenvalue weighted by molar-refractivity contribution is 7.47. The molecular weight excluding hydrogens is 806 g/mol. The summed E-state index contributed by atoms with van der Waals surface area (Å²) >= 11 is 0. The number of hydrogen-bond donors (Lipinski definition) is 3. The van der Waals surface area contributed by atoms with Gasteiger partial charge < -0.3 is 25.2 Å². The predicted molar refractivity (Wildman–Crippen MR) is 254 cm³/mol. The van der Waals surface area contributed by atoms with Gasteiger partial charge in [0, 0.05) is 12.8 Å². The fraction of sp³-hybridized carbons (Fsp3) is 0.700. The predicted octanol–water partition coefficient (Wildman–Crippen LogP) is 13.3. The summed E-state index contributed by atoms with van der Waals surface area (Å²) < 4.78 is 32.7. The van der Waals surface area contributed by atoms with Crippen molar-refractivity contribution in [3.8, 4) is 0 Å². The molecule has 0 radical (unpaired) electrons. The molecule has 0 fully saturated rings. The van der Waals surface area contributed by atoms with E-state index in [2.05, 4.69) is 79.1 Å². The monoisotopic (exact) mass is 892 g/mol. The summed E-state index contributed by atoms with van der Waals surface area (Å²) in [5.74, 6) is -2.46. The zero-order valence-corrected chi connectivity index (χ0v) is 39.6. The summed E-state index contributed by atoms with van der Waals surface area (Å²) in [6, 6.07) is -1.53. The van der Waals surface area contributed by atoms with Gasteiger partial charge in [-0.3, -0.25) is 23.4 Å². The number of aliphatic carboxylic acids is 1. The first kappa shape index (κ1) is 58.9. The SMILES string of the molecule is CC/C=C/C/C=C/C/C=C/C/C=C/C/C=C/CCCC(=O)OC[C@H](COP(=O)(O)OC[C@H](N)C(=O)O)OC(=O)CCCCCCCCCCCCC/C=C/CCCCCCCC. The first-order valence-electron chi connectivity index (χ1n) is 24.0. The third-order valence-electron chi connectivity index (χ3n) is 9.94. The van der Waals surface area contributed by atoms with Gasteiger partial charge in [-0.25, -0.2) is 4.57 Å². The van der Waals surface area contributed by atoms with Crippen LogP contribution in [0.25, 0.3) is 0 Å². The third-order valence-corrected chi connectivity index (χ3v) is 10.9. The molecule has 0 saturated carbocycles. The molecule has 11 nitrogen and oxygen atoms in total. The Morgan fingerprint density at radius 3 is 1.42 bits per heavy atom. The Balaban J connectivity index is 4.36. The lowest BCUT2D eigenvalue weighted by atomic mass is 10.0. The van der Waals surface area contributed by atoms with E-state index < -0.39 is 51.1 Å². The normalized spacial score (nSPS) is 14.3. The van der Waals surface area contributed by atoms with Crippen LogP contribution in [0.1, 0.15) is 194 Å². The summed E-state index contributed by atoms with van der Waals surface area (Å²) in [5, 5.41) is 8.91. The van der Waals surface area contributed by atoms with Gasteiger partial charge in [0.05, 0.1) is 13.2 Å². The molecule has 0 rings (SSSR count). The van der Waals surface area contributed by atoms with Crippen molar-refractivity contribution in [3.63, 3.8) is 0 Å². The van der Waals surface area contributed by atoms with Crippen LogP contribution >= 0.6 is 7.82 Å². The van der Waals surface area contributed by atoms with Crippen LogP contribution in [0.5, 0.6) is 0 Å². The van der Waals surface area contributed by atoms with E-state index in [1.165, 1.54) is 96.3 Å². The van der Waals surface area contributed by atoms with Crippen molar-refractivity contribution in [3.05, 3.63) is 72.9 Å². The molecule has 0 aromatic heterocycles. The number of carboxylic acids is 1. The minimum Gasteiger partial charge on any atom is -0.480 e. The number of carbonyl (C=O) groups is 3. The van der Waals surface area contributed by atoms with Gasteiger partial charge in [0.15, 0.2) is 6.10 Å². The van der Waals surface area contributed by atoms with Crippen LogP contribution in [0, 0.1) is 0 Å². The number of phosphoric acid groups is 1. The second-order valence-corrected chi connectivity index (χ2v) is 17.3. The Bertz CT molecular complexity index is 1320. The average molecular weight is 892 g/mol. The molecule has 0 saturated heterocycles. The van der Waals surface area contributed by atoms with Crippen LogP contribution < -0.4 is 5.73 Å². The maximum absolute atomic E-state index is 12.7. The van der Waals surface area contributed by atoms with Crippen molar-refractivity contribution in [1.82, 2.24) is 0 Å². The minimum absolute atomic E-state index is 0.141. The quantitative estimate of drug-likeness (QED) is 0.0230. The highest BCUT2D eigenvalue weighted by atomic mass is 31.2. The fourth-order valence-corrected chi connectivity index (χ4v) is 6.99. The van der Waals surface area contributed by atoms with Gasteiger partial charge in [-0.15, -0.1) is 0 Å². The lowest BCUT2D eigenvalue weighted by Gasteiger charge is -2.20. The van der Waals surface area contributed by atoms with Crippen LogP contribution in [0.15, 0.2) is 72.9 Å². The standard InChI is InChI=1S/C50H86NO10P/c1-3-5-7-9-11-13-15-17-19-21-22-23-24-26-28-30-32-34-36-38-40-42-49(53)61-46(44-59-62(56,57)60-45-47(51)50(54)55)43-58-48(52)41-39-37-35-33-31-29-27-25-20-18-16-14-12-10-8-6-4-2/h6,8,12,14,17-20,27,29,33,35,46-47H,3-5,7,9-11,13,15-16,21-26,28,30-32,34,36-45,51H2,1-2H3,(H,54,55)(H,56,57)/b8-6+,14-12+,19-17+,20-18+,29-27+,35-33+/t46-,47+/m1/s1. The van der Waals surface area contributed by atoms with Gasteiger partial charge in [0.2, 0.25) is 0 Å². The maximum atomic E-state index is 12.7. The highest BCUT2D eigenvalue weighted by Gasteiger charge is 2.28. The van der Waals surface area contributed by atoms with E-state index in [-0.39, 0.29) is 19.4 Å². The fourth-order valence-electron chi connectivity index (χ4n) is 6.21. The molecule has 0 amide bonds. The van der Waals surface area contributed by atoms with E-state index >= 15 is 0 Å². The number of allylic oxidation sites excluding steroid dienone is 12. The number of carboxylic acid groups (broad SMARTS) is 1. The molecule has 0 aliphatic carbocycles. The maximum Gasteiger partial charge on any atom is 0.472 e. The largest absolute Gasteiger partial charge is 0.480 e. The van der Waals surface area contributed by atoms with E-state index in [1.807, 2.05) is 12.2 Å². The Kier molecular flexibility index (Phi) is 42.3. The molecule has 62 heavy (non-hydrogen) atoms. The van der Waals surface area contributed by atoms with Crippen LogP contribution in [0.4, 0.5) is 0 Å². The number of phosphoric ester groups is 1. The van der Waals surface area contributed by atoms with Crippen molar-refractivity contribution < 1.29 is 47.5 Å². The van der Waals surface area contributed by atoms with Gasteiger partial charge >= 0.3 is 25.7 Å². The van der Waals surface area contributed by atoms with Gasteiger partial charge in [-0.05, 0) is 77.0 Å². The number of nitrogens with two attached hydrogens (primary N) is 1. The van der Waals surface area contributed by atoms with Gasteiger partial charge in [-0.1, -0.05) is 177 Å². The molecule has 0 aliphatic rings. The van der Waals surface area contributed by atoms with E-state index in [1.54, 1.807) is 0 Å². The van der Waals surface area contributed by atoms with Crippen molar-refractivity contribution in [2.75, 3.05) is 19.8 Å². The van der Waals surface area contributed by atoms with Gasteiger partial charge in [0.1, 0.15) is 12.6 Å². The number of hydrogen-bond acceptors (Lipinski definition) is 9. The summed E-state index contributed by atoms with van der Waals surface area (Å²) in [6.45, 7) is 2.64. The van der Waals surface area contributed by atoms with Crippen LogP contribution in [0.3, 0.4) is 0 Å². The second kappa shape index (κ2) is 44.5. The average Bonchev–Trinajstić information content (AvgIpc) is 3.25. The smallest absolute Gasteiger partial charge is 0.472 e. The lowest BCUT2D eigenvalue weighted by Crippen LogP contribution is -2.34.